The zero-order valence-electron chi connectivity index (χ0n) is 10.6. The number of hydrogen-bond donors (Lipinski definition) is 2. The fourth-order valence-electron chi connectivity index (χ4n) is 1.50. The third-order valence-electron chi connectivity index (χ3n) is 2.62. The van der Waals surface area contributed by atoms with E-state index in [1.165, 1.54) is 11.5 Å². The molecule has 0 spiro atoms. The van der Waals surface area contributed by atoms with Gasteiger partial charge in [0.25, 0.3) is 0 Å². The summed E-state index contributed by atoms with van der Waals surface area (Å²) in [6.07, 6.45) is 2.25. The normalized spacial score (nSPS) is 11.5. The van der Waals surface area contributed by atoms with Gasteiger partial charge < -0.3 is 11.1 Å². The van der Waals surface area contributed by atoms with Gasteiger partial charge in [0.05, 0.1) is 0 Å². The van der Waals surface area contributed by atoms with Crippen molar-refractivity contribution in [2.45, 2.75) is 40.0 Å². The summed E-state index contributed by atoms with van der Waals surface area (Å²) in [6, 6.07) is 0. The molecule has 1 aromatic rings. The quantitative estimate of drug-likeness (QED) is 0.815. The summed E-state index contributed by atoms with van der Waals surface area (Å²) in [6.45, 7) is 6.71. The molecule has 0 fully saturated rings. The molecule has 1 rings (SSSR count). The van der Waals surface area contributed by atoms with Crippen molar-refractivity contribution in [3.63, 3.8) is 0 Å². The van der Waals surface area contributed by atoms with Crippen LogP contribution in [0.1, 0.15) is 38.9 Å². The van der Waals surface area contributed by atoms with E-state index in [1.807, 2.05) is 0 Å². The highest BCUT2D eigenvalue weighted by atomic mass is 32.1. The SMILES string of the molecule is Cc1nsc(NC(=O)CCC(C)(C)CCN)n1. The number of rotatable bonds is 6. The van der Waals surface area contributed by atoms with Crippen LogP contribution < -0.4 is 11.1 Å². The van der Waals surface area contributed by atoms with Crippen LogP contribution in [0.3, 0.4) is 0 Å². The molecular weight excluding hydrogens is 236 g/mol. The molecule has 0 unspecified atom stereocenters. The highest BCUT2D eigenvalue weighted by Crippen LogP contribution is 2.26. The summed E-state index contributed by atoms with van der Waals surface area (Å²) in [5.41, 5.74) is 5.64. The zero-order chi connectivity index (χ0) is 12.9. The molecule has 0 atom stereocenters. The predicted octanol–water partition coefficient (Wildman–Crippen LogP) is 1.94. The Balaban J connectivity index is 2.35. The molecule has 17 heavy (non-hydrogen) atoms. The van der Waals surface area contributed by atoms with Crippen molar-refractivity contribution in [2.24, 2.45) is 11.1 Å². The summed E-state index contributed by atoms with van der Waals surface area (Å²) in [5, 5.41) is 3.33. The maximum absolute atomic E-state index is 11.7. The fourth-order valence-corrected chi connectivity index (χ4v) is 2.09. The maximum Gasteiger partial charge on any atom is 0.226 e. The highest BCUT2D eigenvalue weighted by Gasteiger charge is 2.18. The summed E-state index contributed by atoms with van der Waals surface area (Å²) < 4.78 is 4.01. The lowest BCUT2D eigenvalue weighted by atomic mass is 9.84. The fraction of sp³-hybridized carbons (Fsp3) is 0.727. The third-order valence-corrected chi connectivity index (χ3v) is 3.35. The van der Waals surface area contributed by atoms with Gasteiger partial charge in [-0.1, -0.05) is 13.8 Å². The van der Waals surface area contributed by atoms with Crippen molar-refractivity contribution in [3.8, 4) is 0 Å². The largest absolute Gasteiger partial charge is 0.330 e. The van der Waals surface area contributed by atoms with Crippen molar-refractivity contribution >= 4 is 22.6 Å². The summed E-state index contributed by atoms with van der Waals surface area (Å²) in [4.78, 5) is 15.8. The molecule has 5 nitrogen and oxygen atoms in total. The molecule has 0 aliphatic heterocycles. The Labute approximate surface area is 106 Å². The lowest BCUT2D eigenvalue weighted by Gasteiger charge is -2.23. The summed E-state index contributed by atoms with van der Waals surface area (Å²) in [5.74, 6) is 0.681. The van der Waals surface area contributed by atoms with Crippen LogP contribution in [-0.2, 0) is 4.79 Å². The van der Waals surface area contributed by atoms with Crippen LogP contribution in [0.15, 0.2) is 0 Å². The number of aryl methyl sites for hydroxylation is 1. The van der Waals surface area contributed by atoms with E-state index in [2.05, 4.69) is 28.5 Å². The minimum Gasteiger partial charge on any atom is -0.330 e. The average molecular weight is 256 g/mol. The Bertz CT molecular complexity index is 375. The maximum atomic E-state index is 11.7. The second kappa shape index (κ2) is 6.07. The molecule has 0 saturated heterocycles. The predicted molar refractivity (Wildman–Crippen MR) is 70.0 cm³/mol. The van der Waals surface area contributed by atoms with Gasteiger partial charge in [-0.15, -0.1) is 0 Å². The number of hydrogen-bond acceptors (Lipinski definition) is 5. The number of aromatic nitrogens is 2. The topological polar surface area (TPSA) is 80.9 Å². The van der Waals surface area contributed by atoms with Gasteiger partial charge >= 0.3 is 0 Å². The van der Waals surface area contributed by atoms with Crippen molar-refractivity contribution in [1.82, 2.24) is 9.36 Å². The molecule has 0 aliphatic carbocycles. The first kappa shape index (κ1) is 14.1. The van der Waals surface area contributed by atoms with Crippen LogP contribution in [0.2, 0.25) is 0 Å². The van der Waals surface area contributed by atoms with Gasteiger partial charge in [0.1, 0.15) is 5.82 Å². The third kappa shape index (κ3) is 5.23. The Hall–Kier alpha value is -1.01. The van der Waals surface area contributed by atoms with E-state index in [-0.39, 0.29) is 11.3 Å². The van der Waals surface area contributed by atoms with Crippen LogP contribution in [0, 0.1) is 12.3 Å². The number of nitrogens with zero attached hydrogens (tertiary/aromatic N) is 2. The number of carbonyl (C=O) groups excluding carboxylic acids is 1. The minimum atomic E-state index is -0.00811. The van der Waals surface area contributed by atoms with Crippen LogP contribution in [0.5, 0.6) is 0 Å². The second-order valence-electron chi connectivity index (χ2n) is 4.90. The summed E-state index contributed by atoms with van der Waals surface area (Å²) >= 11 is 1.21. The van der Waals surface area contributed by atoms with E-state index in [9.17, 15) is 4.79 Å². The number of carbonyl (C=O) groups is 1. The molecule has 3 N–H and O–H groups in total. The van der Waals surface area contributed by atoms with Gasteiger partial charge in [0.15, 0.2) is 0 Å². The van der Waals surface area contributed by atoms with E-state index < -0.39 is 0 Å². The Morgan fingerprint density at radius 3 is 2.71 bits per heavy atom. The van der Waals surface area contributed by atoms with Crippen molar-refractivity contribution < 1.29 is 4.79 Å². The van der Waals surface area contributed by atoms with Crippen molar-refractivity contribution in [1.29, 1.82) is 0 Å². The molecular formula is C11H20N4OS. The number of amides is 1. The number of nitrogens with one attached hydrogen (secondary N) is 1. The first-order valence-corrected chi connectivity index (χ1v) is 6.50. The Kier molecular flexibility index (Phi) is 5.02. The van der Waals surface area contributed by atoms with Crippen molar-refractivity contribution in [3.05, 3.63) is 5.82 Å². The number of nitrogens with two attached hydrogens (primary N) is 1. The molecule has 6 heteroatoms. The average Bonchev–Trinajstić information content (AvgIpc) is 2.61. The lowest BCUT2D eigenvalue weighted by molar-refractivity contribution is -0.116. The van der Waals surface area contributed by atoms with Crippen LogP contribution in [0.25, 0.3) is 0 Å². The Morgan fingerprint density at radius 2 is 2.18 bits per heavy atom. The van der Waals surface area contributed by atoms with Gasteiger partial charge in [0.2, 0.25) is 11.0 Å². The van der Waals surface area contributed by atoms with E-state index >= 15 is 0 Å². The first-order chi connectivity index (χ1) is 7.93. The lowest BCUT2D eigenvalue weighted by Crippen LogP contribution is -2.20. The van der Waals surface area contributed by atoms with Gasteiger partial charge in [0, 0.05) is 18.0 Å². The smallest absolute Gasteiger partial charge is 0.226 e. The standard InChI is InChI=1S/C11H20N4OS/c1-8-13-10(17-15-8)14-9(16)4-5-11(2,3)6-7-12/h4-7,12H2,1-3H3,(H,13,14,15,16). The first-order valence-electron chi connectivity index (χ1n) is 5.73. The Morgan fingerprint density at radius 1 is 1.47 bits per heavy atom. The van der Waals surface area contributed by atoms with Gasteiger partial charge in [-0.2, -0.15) is 4.37 Å². The monoisotopic (exact) mass is 256 g/mol. The van der Waals surface area contributed by atoms with Crippen molar-refractivity contribution in [2.75, 3.05) is 11.9 Å². The van der Waals surface area contributed by atoms with Crippen LogP contribution >= 0.6 is 11.5 Å². The molecule has 1 aromatic heterocycles. The molecule has 1 amide bonds. The van der Waals surface area contributed by atoms with E-state index in [1.54, 1.807) is 6.92 Å². The molecule has 0 aromatic carbocycles. The number of anilines is 1. The van der Waals surface area contributed by atoms with E-state index in [4.69, 9.17) is 5.73 Å². The van der Waals surface area contributed by atoms with E-state index in [0.717, 1.165) is 12.8 Å². The minimum absolute atomic E-state index is 0.00811. The molecule has 96 valence electrons. The molecule has 0 radical (unpaired) electrons. The molecule has 0 saturated carbocycles. The highest BCUT2D eigenvalue weighted by molar-refractivity contribution is 7.09. The zero-order valence-corrected chi connectivity index (χ0v) is 11.4. The van der Waals surface area contributed by atoms with Gasteiger partial charge in [-0.3, -0.25) is 4.79 Å². The van der Waals surface area contributed by atoms with E-state index in [0.29, 0.717) is 23.9 Å². The van der Waals surface area contributed by atoms with Gasteiger partial charge in [-0.25, -0.2) is 4.98 Å². The van der Waals surface area contributed by atoms with Crippen LogP contribution in [-0.4, -0.2) is 21.8 Å². The molecule has 0 aliphatic rings. The molecule has 1 heterocycles. The summed E-state index contributed by atoms with van der Waals surface area (Å²) in [7, 11) is 0. The molecule has 0 bridgehead atoms. The van der Waals surface area contributed by atoms with Gasteiger partial charge in [-0.05, 0) is 31.7 Å². The second-order valence-corrected chi connectivity index (χ2v) is 5.65. The van der Waals surface area contributed by atoms with Crippen LogP contribution in [0.4, 0.5) is 5.13 Å².